The summed E-state index contributed by atoms with van der Waals surface area (Å²) < 4.78 is 0. The molecule has 1 aliphatic rings. The third-order valence-corrected chi connectivity index (χ3v) is 3.46. The van der Waals surface area contributed by atoms with Crippen molar-refractivity contribution in [3.05, 3.63) is 30.1 Å². The van der Waals surface area contributed by atoms with Gasteiger partial charge < -0.3 is 21.3 Å². The standard InChI is InChI=1S/C15H25N5O/c21-15-12-14(13-4-1-2-7-18-13)19-10-8-16-5-3-6-17-9-11-20-15/h1-2,4,7,14,16-17,19H,3,5-6,8-12H2,(H,20,21). The maximum Gasteiger partial charge on any atom is 0.222 e. The van der Waals surface area contributed by atoms with Crippen molar-refractivity contribution in [3.8, 4) is 0 Å². The highest BCUT2D eigenvalue weighted by Crippen LogP contribution is 2.13. The SMILES string of the molecule is O=C1CC(c2ccccn2)NCCNCCCNCCN1. The summed E-state index contributed by atoms with van der Waals surface area (Å²) in [4.78, 5) is 16.4. The minimum atomic E-state index is -0.0381. The molecule has 21 heavy (non-hydrogen) atoms. The molecule has 1 fully saturated rings. The van der Waals surface area contributed by atoms with Gasteiger partial charge in [-0.15, -0.1) is 0 Å². The molecule has 1 amide bonds. The van der Waals surface area contributed by atoms with Crippen LogP contribution in [0.25, 0.3) is 0 Å². The van der Waals surface area contributed by atoms with Crippen LogP contribution in [0, 0.1) is 0 Å². The lowest BCUT2D eigenvalue weighted by atomic mass is 10.1. The second-order valence-corrected chi connectivity index (χ2v) is 5.17. The van der Waals surface area contributed by atoms with Gasteiger partial charge in [0.25, 0.3) is 0 Å². The largest absolute Gasteiger partial charge is 0.355 e. The minimum Gasteiger partial charge on any atom is -0.355 e. The van der Waals surface area contributed by atoms with Gasteiger partial charge in [0.15, 0.2) is 0 Å². The second kappa shape index (κ2) is 9.44. The van der Waals surface area contributed by atoms with Crippen molar-refractivity contribution in [3.63, 3.8) is 0 Å². The number of aromatic nitrogens is 1. The van der Waals surface area contributed by atoms with E-state index in [1.165, 1.54) is 0 Å². The number of pyridine rings is 1. The van der Waals surface area contributed by atoms with Crippen molar-refractivity contribution in [1.29, 1.82) is 0 Å². The van der Waals surface area contributed by atoms with E-state index < -0.39 is 0 Å². The van der Waals surface area contributed by atoms with Crippen LogP contribution in [0.5, 0.6) is 0 Å². The summed E-state index contributed by atoms with van der Waals surface area (Å²) in [5.41, 5.74) is 0.915. The fourth-order valence-corrected chi connectivity index (χ4v) is 2.33. The zero-order valence-electron chi connectivity index (χ0n) is 12.4. The highest BCUT2D eigenvalue weighted by Gasteiger charge is 2.16. The predicted octanol–water partition coefficient (Wildman–Crippen LogP) is -0.198. The number of hydrogen-bond donors (Lipinski definition) is 4. The third kappa shape index (κ3) is 6.20. The zero-order chi connectivity index (χ0) is 14.8. The van der Waals surface area contributed by atoms with E-state index in [1.54, 1.807) is 6.20 Å². The van der Waals surface area contributed by atoms with E-state index >= 15 is 0 Å². The average molecular weight is 291 g/mol. The van der Waals surface area contributed by atoms with Crippen LogP contribution in [0.4, 0.5) is 0 Å². The maximum absolute atomic E-state index is 12.0. The smallest absolute Gasteiger partial charge is 0.222 e. The Balaban J connectivity index is 1.93. The maximum atomic E-state index is 12.0. The van der Waals surface area contributed by atoms with Gasteiger partial charge in [-0.05, 0) is 31.6 Å². The summed E-state index contributed by atoms with van der Waals surface area (Å²) in [7, 11) is 0. The van der Waals surface area contributed by atoms with E-state index in [0.29, 0.717) is 13.0 Å². The lowest BCUT2D eigenvalue weighted by Crippen LogP contribution is -2.38. The van der Waals surface area contributed by atoms with Gasteiger partial charge in [-0.3, -0.25) is 9.78 Å². The number of nitrogens with zero attached hydrogens (tertiary/aromatic N) is 1. The van der Waals surface area contributed by atoms with Crippen LogP contribution < -0.4 is 21.3 Å². The van der Waals surface area contributed by atoms with E-state index in [0.717, 1.165) is 44.8 Å². The Bertz CT molecular complexity index is 412. The van der Waals surface area contributed by atoms with E-state index in [1.807, 2.05) is 18.2 Å². The van der Waals surface area contributed by atoms with Crippen LogP contribution in [0.3, 0.4) is 0 Å². The Kier molecular flexibility index (Phi) is 7.14. The van der Waals surface area contributed by atoms with Gasteiger partial charge in [-0.1, -0.05) is 6.07 Å². The number of carbonyl (C=O) groups excluding carboxylic acids is 1. The molecule has 1 atom stereocenters. The van der Waals surface area contributed by atoms with Crippen LogP contribution in [0.1, 0.15) is 24.6 Å². The Morgan fingerprint density at radius 1 is 1.00 bits per heavy atom. The summed E-state index contributed by atoms with van der Waals surface area (Å²) in [5, 5.41) is 13.1. The summed E-state index contributed by atoms with van der Waals surface area (Å²) in [5.74, 6) is 0.0602. The first kappa shape index (κ1) is 15.9. The molecule has 1 aliphatic heterocycles. The Labute approximate surface area is 126 Å². The third-order valence-electron chi connectivity index (χ3n) is 3.46. The van der Waals surface area contributed by atoms with Crippen molar-refractivity contribution in [1.82, 2.24) is 26.3 Å². The van der Waals surface area contributed by atoms with E-state index in [-0.39, 0.29) is 11.9 Å². The highest BCUT2D eigenvalue weighted by molar-refractivity contribution is 5.76. The minimum absolute atomic E-state index is 0.0381. The van der Waals surface area contributed by atoms with E-state index in [2.05, 4.69) is 26.3 Å². The Morgan fingerprint density at radius 2 is 1.81 bits per heavy atom. The molecule has 6 heteroatoms. The molecule has 0 bridgehead atoms. The number of rotatable bonds is 1. The molecule has 4 N–H and O–H groups in total. The average Bonchev–Trinajstić information content (AvgIpc) is 2.52. The number of amides is 1. The van der Waals surface area contributed by atoms with Gasteiger partial charge in [-0.2, -0.15) is 0 Å². The summed E-state index contributed by atoms with van der Waals surface area (Å²) in [6.45, 7) is 5.18. The Morgan fingerprint density at radius 3 is 2.57 bits per heavy atom. The normalized spacial score (nSPS) is 23.0. The summed E-state index contributed by atoms with van der Waals surface area (Å²) in [6.07, 6.45) is 3.27. The van der Waals surface area contributed by atoms with Crippen molar-refractivity contribution >= 4 is 5.91 Å². The monoisotopic (exact) mass is 291 g/mol. The molecule has 116 valence electrons. The molecule has 6 nitrogen and oxygen atoms in total. The summed E-state index contributed by atoms with van der Waals surface area (Å²) in [6, 6.07) is 5.77. The van der Waals surface area contributed by atoms with Crippen LogP contribution in [-0.4, -0.2) is 50.2 Å². The molecular weight excluding hydrogens is 266 g/mol. The molecule has 0 saturated carbocycles. The molecule has 0 radical (unpaired) electrons. The zero-order valence-corrected chi connectivity index (χ0v) is 12.4. The van der Waals surface area contributed by atoms with E-state index in [9.17, 15) is 4.79 Å². The fraction of sp³-hybridized carbons (Fsp3) is 0.600. The molecule has 2 heterocycles. The fourth-order valence-electron chi connectivity index (χ4n) is 2.33. The molecule has 2 rings (SSSR count). The van der Waals surface area contributed by atoms with Crippen molar-refractivity contribution in [2.24, 2.45) is 0 Å². The second-order valence-electron chi connectivity index (χ2n) is 5.17. The molecule has 0 aliphatic carbocycles. The summed E-state index contributed by atoms with van der Waals surface area (Å²) >= 11 is 0. The van der Waals surface area contributed by atoms with Gasteiger partial charge in [0, 0.05) is 38.8 Å². The molecule has 1 saturated heterocycles. The molecule has 0 aromatic carbocycles. The van der Waals surface area contributed by atoms with Crippen LogP contribution >= 0.6 is 0 Å². The quantitative estimate of drug-likeness (QED) is 0.576. The first-order chi connectivity index (χ1) is 10.4. The van der Waals surface area contributed by atoms with Crippen LogP contribution in [-0.2, 0) is 4.79 Å². The van der Waals surface area contributed by atoms with Crippen molar-refractivity contribution in [2.45, 2.75) is 18.9 Å². The number of nitrogens with one attached hydrogen (secondary N) is 4. The number of hydrogen-bond acceptors (Lipinski definition) is 5. The van der Waals surface area contributed by atoms with Crippen LogP contribution in [0.2, 0.25) is 0 Å². The van der Waals surface area contributed by atoms with Crippen molar-refractivity contribution in [2.75, 3.05) is 39.3 Å². The highest BCUT2D eigenvalue weighted by atomic mass is 16.1. The van der Waals surface area contributed by atoms with Gasteiger partial charge in [0.05, 0.1) is 11.7 Å². The first-order valence-corrected chi connectivity index (χ1v) is 7.69. The molecule has 1 aromatic heterocycles. The van der Waals surface area contributed by atoms with Gasteiger partial charge in [0.2, 0.25) is 5.91 Å². The molecule has 1 aromatic rings. The van der Waals surface area contributed by atoms with E-state index in [4.69, 9.17) is 0 Å². The van der Waals surface area contributed by atoms with Gasteiger partial charge in [0.1, 0.15) is 0 Å². The predicted molar refractivity (Wildman–Crippen MR) is 83.0 cm³/mol. The van der Waals surface area contributed by atoms with Gasteiger partial charge in [-0.25, -0.2) is 0 Å². The Hall–Kier alpha value is -1.50. The van der Waals surface area contributed by atoms with Gasteiger partial charge >= 0.3 is 0 Å². The molecular formula is C15H25N5O. The molecule has 1 unspecified atom stereocenters. The molecule has 0 spiro atoms. The lowest BCUT2D eigenvalue weighted by molar-refractivity contribution is -0.121. The number of carbonyl (C=O) groups is 1. The van der Waals surface area contributed by atoms with Crippen LogP contribution in [0.15, 0.2) is 24.4 Å². The first-order valence-electron chi connectivity index (χ1n) is 7.69. The topological polar surface area (TPSA) is 78.1 Å². The van der Waals surface area contributed by atoms with Crippen molar-refractivity contribution < 1.29 is 4.79 Å². The lowest BCUT2D eigenvalue weighted by Gasteiger charge is -2.19.